The molecule has 5 nitrogen and oxygen atoms in total. The van der Waals surface area contributed by atoms with Gasteiger partial charge in [0.25, 0.3) is 14.2 Å². The molecule has 0 amide bonds. The Morgan fingerprint density at radius 3 is 2.28 bits per heavy atom. The van der Waals surface area contributed by atoms with E-state index in [2.05, 4.69) is 17.1 Å². The Balaban J connectivity index is 2.49. The van der Waals surface area contributed by atoms with Crippen LogP contribution in [0.1, 0.15) is 12.5 Å². The Morgan fingerprint density at radius 2 is 1.83 bits per heavy atom. The lowest BCUT2D eigenvalue weighted by Gasteiger charge is -2.03. The van der Waals surface area contributed by atoms with E-state index in [1.54, 1.807) is 7.05 Å². The van der Waals surface area contributed by atoms with Gasteiger partial charge in [-0.2, -0.15) is 0 Å². The second-order valence-electron chi connectivity index (χ2n) is 3.85. The first-order valence-corrected chi connectivity index (χ1v) is 7.67. The van der Waals surface area contributed by atoms with E-state index in [1.807, 2.05) is 24.3 Å². The Kier molecular flexibility index (Phi) is 3.41. The molecular weight excluding hydrogens is 274 g/mol. The molecule has 0 unspecified atom stereocenters. The van der Waals surface area contributed by atoms with Gasteiger partial charge in [0.05, 0.1) is 0 Å². The average Bonchev–Trinajstić information content (AvgIpc) is 2.71. The van der Waals surface area contributed by atoms with Gasteiger partial charge in [-0.25, -0.2) is 8.42 Å². The van der Waals surface area contributed by atoms with Gasteiger partial charge in [0, 0.05) is 23.3 Å². The van der Waals surface area contributed by atoms with Crippen LogP contribution in [0.15, 0.2) is 29.4 Å². The Morgan fingerprint density at radius 1 is 1.22 bits per heavy atom. The Hall–Kier alpha value is -1.40. The number of hydrogen-bond donors (Lipinski definition) is 0. The first-order chi connectivity index (χ1) is 8.43. The zero-order valence-corrected chi connectivity index (χ0v) is 11.5. The fourth-order valence-electron chi connectivity index (χ4n) is 1.67. The van der Waals surface area contributed by atoms with E-state index in [-0.39, 0.29) is 5.16 Å². The van der Waals surface area contributed by atoms with Crippen molar-refractivity contribution in [2.24, 2.45) is 7.05 Å². The number of benzene rings is 1. The van der Waals surface area contributed by atoms with Crippen LogP contribution in [0.5, 0.6) is 0 Å². The summed E-state index contributed by atoms with van der Waals surface area (Å²) in [5.74, 6) is 0.469. The van der Waals surface area contributed by atoms with Crippen molar-refractivity contribution in [3.63, 3.8) is 0 Å². The lowest BCUT2D eigenvalue weighted by Crippen LogP contribution is -2.02. The van der Waals surface area contributed by atoms with Gasteiger partial charge >= 0.3 is 0 Å². The normalized spacial score (nSPS) is 11.7. The van der Waals surface area contributed by atoms with Crippen LogP contribution in [-0.2, 0) is 22.5 Å². The van der Waals surface area contributed by atoms with Crippen molar-refractivity contribution in [1.29, 1.82) is 0 Å². The van der Waals surface area contributed by atoms with Gasteiger partial charge in [0.2, 0.25) is 0 Å². The van der Waals surface area contributed by atoms with E-state index in [1.165, 1.54) is 10.1 Å². The van der Waals surface area contributed by atoms with Gasteiger partial charge in [-0.05, 0) is 12.0 Å². The van der Waals surface area contributed by atoms with Crippen LogP contribution < -0.4 is 0 Å². The molecule has 0 bridgehead atoms. The molecule has 1 heterocycles. The number of aromatic nitrogens is 3. The van der Waals surface area contributed by atoms with E-state index < -0.39 is 9.05 Å². The predicted octanol–water partition coefficient (Wildman–Crippen LogP) is 1.97. The number of nitrogens with zero attached hydrogens (tertiary/aromatic N) is 3. The smallest absolute Gasteiger partial charge is 0.296 e. The predicted molar refractivity (Wildman–Crippen MR) is 68.9 cm³/mol. The summed E-state index contributed by atoms with van der Waals surface area (Å²) in [4.78, 5) is 0. The van der Waals surface area contributed by atoms with E-state index in [9.17, 15) is 8.42 Å². The molecule has 0 fully saturated rings. The van der Waals surface area contributed by atoms with Crippen LogP contribution in [0.3, 0.4) is 0 Å². The standard InChI is InChI=1S/C11H12ClN3O2S/c1-3-8-4-6-9(7-5-8)10-13-14-11(15(10)2)18(12,16)17/h4-7H,3H2,1-2H3. The maximum absolute atomic E-state index is 11.2. The van der Waals surface area contributed by atoms with Crippen LogP contribution in [-0.4, -0.2) is 23.2 Å². The van der Waals surface area contributed by atoms with E-state index in [0.717, 1.165) is 12.0 Å². The molecule has 2 rings (SSSR count). The van der Waals surface area contributed by atoms with Crippen molar-refractivity contribution in [3.8, 4) is 11.4 Å². The molecule has 0 atom stereocenters. The van der Waals surface area contributed by atoms with Crippen molar-refractivity contribution in [3.05, 3.63) is 29.8 Å². The number of aryl methyl sites for hydroxylation is 1. The molecule has 0 N–H and O–H groups in total. The third-order valence-electron chi connectivity index (χ3n) is 2.67. The van der Waals surface area contributed by atoms with E-state index in [0.29, 0.717) is 5.82 Å². The summed E-state index contributed by atoms with van der Waals surface area (Å²) in [6.45, 7) is 2.06. The minimum atomic E-state index is -3.87. The van der Waals surface area contributed by atoms with Crippen LogP contribution >= 0.6 is 10.7 Å². The average molecular weight is 286 g/mol. The van der Waals surface area contributed by atoms with Gasteiger partial charge in [0.1, 0.15) is 0 Å². The zero-order chi connectivity index (χ0) is 13.3. The monoisotopic (exact) mass is 285 g/mol. The summed E-state index contributed by atoms with van der Waals surface area (Å²) in [5.41, 5.74) is 2.00. The highest BCUT2D eigenvalue weighted by Crippen LogP contribution is 2.21. The molecule has 1 aromatic carbocycles. The second kappa shape index (κ2) is 4.70. The summed E-state index contributed by atoms with van der Waals surface area (Å²) in [5, 5.41) is 7.21. The van der Waals surface area contributed by atoms with Crippen molar-refractivity contribution >= 4 is 19.7 Å². The van der Waals surface area contributed by atoms with Crippen molar-refractivity contribution in [1.82, 2.24) is 14.8 Å². The van der Waals surface area contributed by atoms with E-state index in [4.69, 9.17) is 10.7 Å². The van der Waals surface area contributed by atoms with E-state index >= 15 is 0 Å². The Labute approximate surface area is 110 Å². The van der Waals surface area contributed by atoms with Crippen molar-refractivity contribution in [2.75, 3.05) is 0 Å². The highest BCUT2D eigenvalue weighted by Gasteiger charge is 2.20. The second-order valence-corrected chi connectivity index (χ2v) is 6.31. The molecule has 0 saturated carbocycles. The van der Waals surface area contributed by atoms with Crippen molar-refractivity contribution in [2.45, 2.75) is 18.5 Å². The van der Waals surface area contributed by atoms with Crippen LogP contribution in [0, 0.1) is 0 Å². The molecule has 0 aliphatic heterocycles. The fourth-order valence-corrected chi connectivity index (χ4v) is 2.62. The fraction of sp³-hybridized carbons (Fsp3) is 0.273. The summed E-state index contributed by atoms with van der Waals surface area (Å²) in [6.07, 6.45) is 0.945. The van der Waals surface area contributed by atoms with Gasteiger partial charge in [-0.15, -0.1) is 10.2 Å². The molecule has 0 spiro atoms. The first kappa shape index (κ1) is 13.0. The van der Waals surface area contributed by atoms with Gasteiger partial charge in [0.15, 0.2) is 5.82 Å². The third kappa shape index (κ3) is 2.39. The molecule has 0 aliphatic rings. The molecule has 2 aromatic rings. The number of hydrogen-bond acceptors (Lipinski definition) is 4. The maximum atomic E-state index is 11.2. The summed E-state index contributed by atoms with van der Waals surface area (Å²) in [6, 6.07) is 7.71. The zero-order valence-electron chi connectivity index (χ0n) is 9.96. The lowest BCUT2D eigenvalue weighted by molar-refractivity contribution is 0.593. The highest BCUT2D eigenvalue weighted by atomic mass is 35.7. The summed E-state index contributed by atoms with van der Waals surface area (Å²) >= 11 is 0. The number of rotatable bonds is 3. The summed E-state index contributed by atoms with van der Waals surface area (Å²) in [7, 11) is 2.96. The molecule has 7 heteroatoms. The molecule has 0 saturated heterocycles. The number of halogens is 1. The topological polar surface area (TPSA) is 64.8 Å². The first-order valence-electron chi connectivity index (χ1n) is 5.37. The summed E-state index contributed by atoms with van der Waals surface area (Å²) < 4.78 is 23.8. The van der Waals surface area contributed by atoms with Crippen molar-refractivity contribution < 1.29 is 8.42 Å². The van der Waals surface area contributed by atoms with Gasteiger partial charge in [-0.3, -0.25) is 4.57 Å². The van der Waals surface area contributed by atoms with Crippen LogP contribution in [0.25, 0.3) is 11.4 Å². The Bertz CT molecular complexity index is 662. The minimum Gasteiger partial charge on any atom is -0.300 e. The minimum absolute atomic E-state index is 0.251. The molecule has 0 aliphatic carbocycles. The van der Waals surface area contributed by atoms with Gasteiger partial charge in [-0.1, -0.05) is 31.2 Å². The quantitative estimate of drug-likeness (QED) is 0.809. The largest absolute Gasteiger partial charge is 0.300 e. The molecular formula is C11H12ClN3O2S. The third-order valence-corrected chi connectivity index (χ3v) is 3.88. The molecule has 1 aromatic heterocycles. The van der Waals surface area contributed by atoms with Crippen LogP contribution in [0.2, 0.25) is 0 Å². The maximum Gasteiger partial charge on any atom is 0.296 e. The SMILES string of the molecule is CCc1ccc(-c2nnc(S(=O)(=O)Cl)n2C)cc1. The molecule has 0 radical (unpaired) electrons. The molecule has 96 valence electrons. The van der Waals surface area contributed by atoms with Crippen LogP contribution in [0.4, 0.5) is 0 Å². The highest BCUT2D eigenvalue weighted by molar-refractivity contribution is 8.13. The lowest BCUT2D eigenvalue weighted by atomic mass is 10.1. The molecule has 18 heavy (non-hydrogen) atoms. The van der Waals surface area contributed by atoms with Gasteiger partial charge < -0.3 is 0 Å².